The summed E-state index contributed by atoms with van der Waals surface area (Å²) in [6, 6.07) is 2.17. The molecule has 3 aromatic rings. The molecule has 1 aliphatic rings. The van der Waals surface area contributed by atoms with Crippen molar-refractivity contribution in [3.8, 4) is 0 Å². The van der Waals surface area contributed by atoms with Crippen LogP contribution in [0.4, 0.5) is 26.3 Å². The van der Waals surface area contributed by atoms with Gasteiger partial charge < -0.3 is 9.64 Å². The molecule has 1 fully saturated rings. The fourth-order valence-electron chi connectivity index (χ4n) is 3.14. The molecule has 1 saturated heterocycles. The molecule has 4 rings (SSSR count). The van der Waals surface area contributed by atoms with E-state index in [1.54, 1.807) is 0 Å². The minimum Gasteiger partial charge on any atom is -0.378 e. The molecular formula is C17H12F6N4O2. The van der Waals surface area contributed by atoms with E-state index >= 15 is 0 Å². The summed E-state index contributed by atoms with van der Waals surface area (Å²) in [5, 5.41) is -0.527. The molecule has 1 amide bonds. The van der Waals surface area contributed by atoms with Gasteiger partial charge >= 0.3 is 12.4 Å². The second-order valence-corrected chi connectivity index (χ2v) is 6.38. The van der Waals surface area contributed by atoms with Crippen molar-refractivity contribution in [3.05, 3.63) is 41.3 Å². The summed E-state index contributed by atoms with van der Waals surface area (Å²) in [7, 11) is 0. The lowest BCUT2D eigenvalue weighted by atomic mass is 10.1. The van der Waals surface area contributed by atoms with Crippen molar-refractivity contribution in [2.24, 2.45) is 0 Å². The quantitative estimate of drug-likeness (QED) is 0.569. The Hall–Kier alpha value is -2.89. The van der Waals surface area contributed by atoms with Crippen molar-refractivity contribution in [1.82, 2.24) is 19.3 Å². The number of hydrogen-bond donors (Lipinski definition) is 0. The van der Waals surface area contributed by atoms with E-state index in [-0.39, 0.29) is 17.4 Å². The molecule has 0 unspecified atom stereocenters. The highest BCUT2D eigenvalue weighted by Gasteiger charge is 2.39. The molecular weight excluding hydrogens is 406 g/mol. The van der Waals surface area contributed by atoms with Crippen LogP contribution in [0.3, 0.4) is 0 Å². The number of carbonyl (C=O) groups is 1. The first-order valence-corrected chi connectivity index (χ1v) is 8.40. The highest BCUT2D eigenvalue weighted by molar-refractivity contribution is 5.94. The normalized spacial score (nSPS) is 16.0. The largest absolute Gasteiger partial charge is 0.433 e. The van der Waals surface area contributed by atoms with Gasteiger partial charge in [-0.1, -0.05) is 0 Å². The third-order valence-corrected chi connectivity index (χ3v) is 4.51. The van der Waals surface area contributed by atoms with Gasteiger partial charge in [0.2, 0.25) is 0 Å². The smallest absolute Gasteiger partial charge is 0.378 e. The monoisotopic (exact) mass is 418 g/mol. The van der Waals surface area contributed by atoms with Gasteiger partial charge in [-0.25, -0.2) is 9.97 Å². The van der Waals surface area contributed by atoms with Gasteiger partial charge in [-0.3, -0.25) is 9.20 Å². The van der Waals surface area contributed by atoms with Crippen molar-refractivity contribution >= 4 is 22.6 Å². The molecule has 0 spiro atoms. The highest BCUT2D eigenvalue weighted by atomic mass is 19.4. The summed E-state index contributed by atoms with van der Waals surface area (Å²) in [5.41, 5.74) is -3.83. The Morgan fingerprint density at radius 3 is 2.31 bits per heavy atom. The number of halogens is 6. The fourth-order valence-corrected chi connectivity index (χ4v) is 3.14. The van der Waals surface area contributed by atoms with Crippen molar-refractivity contribution in [1.29, 1.82) is 0 Å². The molecule has 3 aromatic heterocycles. The molecule has 0 radical (unpaired) electrons. The summed E-state index contributed by atoms with van der Waals surface area (Å²) >= 11 is 0. The Labute approximate surface area is 158 Å². The number of amides is 1. The van der Waals surface area contributed by atoms with Crippen LogP contribution in [0.5, 0.6) is 0 Å². The molecule has 4 heterocycles. The van der Waals surface area contributed by atoms with Gasteiger partial charge in [0, 0.05) is 24.7 Å². The van der Waals surface area contributed by atoms with Crippen LogP contribution in [0.25, 0.3) is 16.7 Å². The van der Waals surface area contributed by atoms with Gasteiger partial charge in [0.1, 0.15) is 22.7 Å². The average molecular weight is 418 g/mol. The summed E-state index contributed by atoms with van der Waals surface area (Å²) < 4.78 is 85.6. The molecule has 0 bridgehead atoms. The first-order chi connectivity index (χ1) is 13.6. The van der Waals surface area contributed by atoms with Crippen LogP contribution < -0.4 is 0 Å². The molecule has 1 aliphatic heterocycles. The van der Waals surface area contributed by atoms with E-state index in [1.165, 1.54) is 11.0 Å². The molecule has 29 heavy (non-hydrogen) atoms. The summed E-state index contributed by atoms with van der Waals surface area (Å²) in [6.45, 7) is 1.27. The number of hydrogen-bond acceptors (Lipinski definition) is 4. The SMILES string of the molecule is O=C(c1cn2c(ccc3c(C(F)(F)F)cc(C(F)(F)F)nc32)n1)N1CCOCC1. The van der Waals surface area contributed by atoms with Crippen LogP contribution in [0.2, 0.25) is 0 Å². The molecule has 6 nitrogen and oxygen atoms in total. The van der Waals surface area contributed by atoms with Gasteiger partial charge in [-0.2, -0.15) is 26.3 Å². The molecule has 12 heteroatoms. The number of pyridine rings is 2. The summed E-state index contributed by atoms with van der Waals surface area (Å²) in [5.74, 6) is -0.492. The standard InChI is InChI=1S/C17H12F6N4O2/c18-16(19,20)10-7-12(17(21,22)23)25-14-9(10)1-2-13-24-11(8-27(13)14)15(28)26-3-5-29-6-4-26/h1-2,7-8H,3-6H2. The van der Waals surface area contributed by atoms with E-state index in [9.17, 15) is 31.1 Å². The van der Waals surface area contributed by atoms with Crippen molar-refractivity contribution in [2.75, 3.05) is 26.3 Å². The summed E-state index contributed by atoms with van der Waals surface area (Å²) in [6.07, 6.45) is -9.01. The fraction of sp³-hybridized carbons (Fsp3) is 0.353. The van der Waals surface area contributed by atoms with Crippen molar-refractivity contribution in [3.63, 3.8) is 0 Å². The lowest BCUT2D eigenvalue weighted by Gasteiger charge is -2.25. The number of nitrogens with zero attached hydrogens (tertiary/aromatic N) is 4. The Balaban J connectivity index is 1.92. The predicted octanol–water partition coefficient (Wildman–Crippen LogP) is 3.39. The van der Waals surface area contributed by atoms with E-state index in [4.69, 9.17) is 4.74 Å². The van der Waals surface area contributed by atoms with Crippen LogP contribution in [0, 0.1) is 0 Å². The van der Waals surface area contributed by atoms with Crippen molar-refractivity contribution in [2.45, 2.75) is 12.4 Å². The first-order valence-electron chi connectivity index (χ1n) is 8.40. The van der Waals surface area contributed by atoms with E-state index < -0.39 is 40.6 Å². The Bertz CT molecular complexity index is 1100. The maximum Gasteiger partial charge on any atom is 0.433 e. The summed E-state index contributed by atoms with van der Waals surface area (Å²) in [4.78, 5) is 21.5. The van der Waals surface area contributed by atoms with Crippen LogP contribution in [0.15, 0.2) is 24.4 Å². The molecule has 0 aromatic carbocycles. The van der Waals surface area contributed by atoms with Gasteiger partial charge in [0.05, 0.1) is 18.8 Å². The first kappa shape index (κ1) is 19.4. The average Bonchev–Trinajstić information content (AvgIpc) is 3.10. The highest BCUT2D eigenvalue weighted by Crippen LogP contribution is 2.38. The topological polar surface area (TPSA) is 59.7 Å². The van der Waals surface area contributed by atoms with Crippen LogP contribution in [-0.4, -0.2) is 51.5 Å². The van der Waals surface area contributed by atoms with E-state index in [0.29, 0.717) is 26.3 Å². The zero-order valence-electron chi connectivity index (χ0n) is 14.5. The number of aromatic nitrogens is 3. The number of morpholine rings is 1. The van der Waals surface area contributed by atoms with Crippen molar-refractivity contribution < 1.29 is 35.9 Å². The predicted molar refractivity (Wildman–Crippen MR) is 87.2 cm³/mol. The molecule has 154 valence electrons. The molecule has 0 aliphatic carbocycles. The second kappa shape index (κ2) is 6.58. The number of alkyl halides is 6. The van der Waals surface area contributed by atoms with Gasteiger partial charge in [0.25, 0.3) is 5.91 Å². The second-order valence-electron chi connectivity index (χ2n) is 6.38. The lowest BCUT2D eigenvalue weighted by molar-refractivity contribution is -0.144. The minimum absolute atomic E-state index is 0.00839. The van der Waals surface area contributed by atoms with Gasteiger partial charge in [-0.15, -0.1) is 0 Å². The van der Waals surface area contributed by atoms with Crippen LogP contribution >= 0.6 is 0 Å². The minimum atomic E-state index is -5.08. The van der Waals surface area contributed by atoms with E-state index in [1.807, 2.05) is 0 Å². The number of fused-ring (bicyclic) bond motifs is 3. The third kappa shape index (κ3) is 3.48. The number of carbonyl (C=O) groups excluding carboxylic acids is 1. The maximum absolute atomic E-state index is 13.4. The molecule has 0 saturated carbocycles. The van der Waals surface area contributed by atoms with Gasteiger partial charge in [0.15, 0.2) is 0 Å². The number of rotatable bonds is 1. The van der Waals surface area contributed by atoms with E-state index in [0.717, 1.165) is 16.7 Å². The van der Waals surface area contributed by atoms with Gasteiger partial charge in [-0.05, 0) is 18.2 Å². The zero-order chi connectivity index (χ0) is 21.0. The Morgan fingerprint density at radius 1 is 1.00 bits per heavy atom. The third-order valence-electron chi connectivity index (χ3n) is 4.51. The lowest BCUT2D eigenvalue weighted by Crippen LogP contribution is -2.40. The van der Waals surface area contributed by atoms with Crippen LogP contribution in [0.1, 0.15) is 21.7 Å². The number of ether oxygens (including phenoxy) is 1. The Morgan fingerprint density at radius 2 is 1.69 bits per heavy atom. The molecule has 0 N–H and O–H groups in total. The maximum atomic E-state index is 13.4. The zero-order valence-corrected chi connectivity index (χ0v) is 14.5. The molecule has 0 atom stereocenters. The van der Waals surface area contributed by atoms with E-state index in [2.05, 4.69) is 9.97 Å². The Kier molecular flexibility index (Phi) is 4.41. The van der Waals surface area contributed by atoms with Crippen LogP contribution in [-0.2, 0) is 17.1 Å². The number of imidazole rings is 1.